The van der Waals surface area contributed by atoms with Crippen molar-refractivity contribution in [1.82, 2.24) is 0 Å². The van der Waals surface area contributed by atoms with Gasteiger partial charge in [-0.15, -0.1) is 0 Å². The van der Waals surface area contributed by atoms with Crippen molar-refractivity contribution in [3.05, 3.63) is 93.5 Å². The van der Waals surface area contributed by atoms with Crippen molar-refractivity contribution in [1.29, 1.82) is 5.26 Å². The summed E-state index contributed by atoms with van der Waals surface area (Å²) in [5, 5.41) is 13.2. The zero-order valence-corrected chi connectivity index (χ0v) is 18.1. The topological polar surface area (TPSA) is 71.3 Å². The van der Waals surface area contributed by atoms with Crippen LogP contribution in [-0.4, -0.2) is 13.0 Å². The van der Waals surface area contributed by atoms with Crippen molar-refractivity contribution in [3.63, 3.8) is 0 Å². The number of nitrogens with zero attached hydrogens (tertiary/aromatic N) is 1. The first-order valence-corrected chi connectivity index (χ1v) is 9.98. The average molecular weight is 453 g/mol. The molecule has 7 heteroatoms. The van der Waals surface area contributed by atoms with Crippen LogP contribution in [0.5, 0.6) is 11.5 Å². The lowest BCUT2D eigenvalue weighted by atomic mass is 10.1. The SMILES string of the molecule is COc1ccc(/C=C(\C#N)C(=O)Nc2ccccc2Cl)c(OCc2ccc(Cl)cc2)c1. The van der Waals surface area contributed by atoms with Crippen LogP contribution in [0.25, 0.3) is 6.08 Å². The Hall–Kier alpha value is -3.46. The van der Waals surface area contributed by atoms with Crippen LogP contribution >= 0.6 is 23.2 Å². The third kappa shape index (κ3) is 6.02. The molecule has 0 saturated heterocycles. The number of carbonyl (C=O) groups is 1. The summed E-state index contributed by atoms with van der Waals surface area (Å²) < 4.78 is 11.2. The van der Waals surface area contributed by atoms with Crippen LogP contribution in [0, 0.1) is 11.3 Å². The molecule has 0 heterocycles. The summed E-state index contributed by atoms with van der Waals surface area (Å²) in [4.78, 5) is 12.6. The van der Waals surface area contributed by atoms with Crippen molar-refractivity contribution in [3.8, 4) is 17.6 Å². The van der Waals surface area contributed by atoms with Gasteiger partial charge in [0, 0.05) is 16.7 Å². The number of nitriles is 1. The molecule has 1 amide bonds. The second kappa shape index (κ2) is 10.5. The van der Waals surface area contributed by atoms with Gasteiger partial charge in [0.2, 0.25) is 0 Å². The Balaban J connectivity index is 1.86. The molecule has 0 aliphatic rings. The predicted molar refractivity (Wildman–Crippen MR) is 122 cm³/mol. The molecule has 0 saturated carbocycles. The molecular formula is C24H18Cl2N2O3. The highest BCUT2D eigenvalue weighted by atomic mass is 35.5. The van der Waals surface area contributed by atoms with E-state index in [1.54, 1.807) is 61.7 Å². The molecule has 5 nitrogen and oxygen atoms in total. The summed E-state index contributed by atoms with van der Waals surface area (Å²) in [5.74, 6) is 0.477. The molecular weight excluding hydrogens is 435 g/mol. The van der Waals surface area contributed by atoms with E-state index in [4.69, 9.17) is 32.7 Å². The Labute approximate surface area is 190 Å². The summed E-state index contributed by atoms with van der Waals surface area (Å²) in [6.45, 7) is 0.277. The van der Waals surface area contributed by atoms with E-state index >= 15 is 0 Å². The van der Waals surface area contributed by atoms with Gasteiger partial charge in [-0.2, -0.15) is 5.26 Å². The number of hydrogen-bond acceptors (Lipinski definition) is 4. The molecule has 31 heavy (non-hydrogen) atoms. The number of ether oxygens (including phenoxy) is 2. The monoisotopic (exact) mass is 452 g/mol. The Morgan fingerprint density at radius 2 is 1.84 bits per heavy atom. The van der Waals surface area contributed by atoms with Gasteiger partial charge in [0.25, 0.3) is 5.91 Å². The highest BCUT2D eigenvalue weighted by molar-refractivity contribution is 6.34. The Bertz CT molecular complexity index is 1150. The summed E-state index contributed by atoms with van der Waals surface area (Å²) in [7, 11) is 1.55. The van der Waals surface area contributed by atoms with E-state index in [2.05, 4.69) is 5.32 Å². The van der Waals surface area contributed by atoms with E-state index in [1.165, 1.54) is 6.08 Å². The fourth-order valence-corrected chi connectivity index (χ4v) is 2.99. The molecule has 0 bridgehead atoms. The summed E-state index contributed by atoms with van der Waals surface area (Å²) in [6.07, 6.45) is 1.46. The van der Waals surface area contributed by atoms with Crippen LogP contribution in [0.2, 0.25) is 10.0 Å². The molecule has 0 aromatic heterocycles. The van der Waals surface area contributed by atoms with Gasteiger partial charge in [-0.05, 0) is 48.0 Å². The van der Waals surface area contributed by atoms with Gasteiger partial charge in [-0.1, -0.05) is 47.5 Å². The number of rotatable bonds is 7. The molecule has 0 aliphatic heterocycles. The number of benzene rings is 3. The number of anilines is 1. The smallest absolute Gasteiger partial charge is 0.266 e. The van der Waals surface area contributed by atoms with Crippen LogP contribution in [0.15, 0.2) is 72.3 Å². The third-order valence-electron chi connectivity index (χ3n) is 4.32. The van der Waals surface area contributed by atoms with E-state index in [1.807, 2.05) is 18.2 Å². The quantitative estimate of drug-likeness (QED) is 0.345. The van der Waals surface area contributed by atoms with E-state index < -0.39 is 5.91 Å². The standard InChI is InChI=1S/C24H18Cl2N2O3/c1-30-20-11-8-17(23(13-20)31-15-16-6-9-19(25)10-7-16)12-18(14-27)24(29)28-22-5-3-2-4-21(22)26/h2-13H,15H2,1H3,(H,28,29)/b18-12+. The maximum absolute atomic E-state index is 12.6. The Morgan fingerprint density at radius 3 is 2.52 bits per heavy atom. The van der Waals surface area contributed by atoms with Gasteiger partial charge < -0.3 is 14.8 Å². The first-order chi connectivity index (χ1) is 15.0. The van der Waals surface area contributed by atoms with Crippen molar-refractivity contribution in [2.24, 2.45) is 0 Å². The number of methoxy groups -OCH3 is 1. The first kappa shape index (κ1) is 22.2. The molecule has 0 spiro atoms. The van der Waals surface area contributed by atoms with E-state index in [0.717, 1.165) is 5.56 Å². The number of halogens is 2. The molecule has 0 fully saturated rings. The molecule has 0 aliphatic carbocycles. The molecule has 3 aromatic carbocycles. The molecule has 156 valence electrons. The summed E-state index contributed by atoms with van der Waals surface area (Å²) in [6, 6.07) is 21.1. The fraction of sp³-hybridized carbons (Fsp3) is 0.0833. The Morgan fingerprint density at radius 1 is 1.10 bits per heavy atom. The Kier molecular flexibility index (Phi) is 7.55. The number of carbonyl (C=O) groups excluding carboxylic acids is 1. The van der Waals surface area contributed by atoms with E-state index in [-0.39, 0.29) is 12.2 Å². The van der Waals surface area contributed by atoms with Gasteiger partial charge in [0.1, 0.15) is 29.7 Å². The summed E-state index contributed by atoms with van der Waals surface area (Å²) in [5.41, 5.74) is 1.80. The van der Waals surface area contributed by atoms with Gasteiger partial charge in [0.15, 0.2) is 0 Å². The van der Waals surface area contributed by atoms with Crippen LogP contribution in [-0.2, 0) is 11.4 Å². The van der Waals surface area contributed by atoms with Gasteiger partial charge in [0.05, 0.1) is 17.8 Å². The largest absolute Gasteiger partial charge is 0.497 e. The molecule has 0 unspecified atom stereocenters. The second-order valence-corrected chi connectivity index (χ2v) is 7.27. The fourth-order valence-electron chi connectivity index (χ4n) is 2.68. The zero-order valence-electron chi connectivity index (χ0n) is 16.6. The molecule has 3 rings (SSSR count). The predicted octanol–water partition coefficient (Wildman–Crippen LogP) is 6.13. The highest BCUT2D eigenvalue weighted by Crippen LogP contribution is 2.28. The average Bonchev–Trinajstić information content (AvgIpc) is 2.79. The number of hydrogen-bond donors (Lipinski definition) is 1. The minimum atomic E-state index is -0.574. The number of nitrogens with one attached hydrogen (secondary N) is 1. The van der Waals surface area contributed by atoms with Gasteiger partial charge in [-0.25, -0.2) is 0 Å². The second-order valence-electron chi connectivity index (χ2n) is 6.42. The number of para-hydroxylation sites is 1. The lowest BCUT2D eigenvalue weighted by Crippen LogP contribution is -2.13. The van der Waals surface area contributed by atoms with E-state index in [0.29, 0.717) is 32.8 Å². The number of amides is 1. The van der Waals surface area contributed by atoms with Crippen molar-refractivity contribution >= 4 is 40.9 Å². The zero-order chi connectivity index (χ0) is 22.2. The maximum atomic E-state index is 12.6. The van der Waals surface area contributed by atoms with Crippen LogP contribution in [0.3, 0.4) is 0 Å². The lowest BCUT2D eigenvalue weighted by molar-refractivity contribution is -0.112. The van der Waals surface area contributed by atoms with Crippen molar-refractivity contribution in [2.75, 3.05) is 12.4 Å². The molecule has 1 N–H and O–H groups in total. The van der Waals surface area contributed by atoms with Crippen molar-refractivity contribution < 1.29 is 14.3 Å². The lowest BCUT2D eigenvalue weighted by Gasteiger charge is -2.12. The van der Waals surface area contributed by atoms with Crippen LogP contribution < -0.4 is 14.8 Å². The normalized spacial score (nSPS) is 10.8. The molecule has 0 radical (unpaired) electrons. The van der Waals surface area contributed by atoms with E-state index in [9.17, 15) is 10.1 Å². The van der Waals surface area contributed by atoms with Gasteiger partial charge >= 0.3 is 0 Å². The van der Waals surface area contributed by atoms with Crippen LogP contribution in [0.4, 0.5) is 5.69 Å². The summed E-state index contributed by atoms with van der Waals surface area (Å²) >= 11 is 12.0. The minimum Gasteiger partial charge on any atom is -0.497 e. The minimum absolute atomic E-state index is 0.0959. The molecule has 3 aromatic rings. The third-order valence-corrected chi connectivity index (χ3v) is 4.90. The van der Waals surface area contributed by atoms with Crippen LogP contribution in [0.1, 0.15) is 11.1 Å². The first-order valence-electron chi connectivity index (χ1n) is 9.23. The molecule has 0 atom stereocenters. The van der Waals surface area contributed by atoms with Gasteiger partial charge in [-0.3, -0.25) is 4.79 Å². The maximum Gasteiger partial charge on any atom is 0.266 e. The van der Waals surface area contributed by atoms with Crippen molar-refractivity contribution in [2.45, 2.75) is 6.61 Å². The highest BCUT2D eigenvalue weighted by Gasteiger charge is 2.13.